The number of rotatable bonds is 3. The van der Waals surface area contributed by atoms with Gasteiger partial charge in [-0.15, -0.1) is 0 Å². The minimum absolute atomic E-state index is 0.101. The van der Waals surface area contributed by atoms with Gasteiger partial charge in [-0.25, -0.2) is 4.79 Å². The molecule has 1 aliphatic heterocycles. The third kappa shape index (κ3) is 1.85. The van der Waals surface area contributed by atoms with Crippen LogP contribution < -0.4 is 5.69 Å². The van der Waals surface area contributed by atoms with Crippen molar-refractivity contribution in [3.8, 4) is 0 Å². The van der Waals surface area contributed by atoms with E-state index >= 15 is 0 Å². The molecule has 14 heavy (non-hydrogen) atoms. The second-order valence-electron chi connectivity index (χ2n) is 3.31. The van der Waals surface area contributed by atoms with Gasteiger partial charge in [-0.1, -0.05) is 0 Å². The molecule has 1 atom stereocenters. The van der Waals surface area contributed by atoms with E-state index in [2.05, 4.69) is 5.10 Å². The molecular formula is C8H13N3O3. The van der Waals surface area contributed by atoms with E-state index < -0.39 is 0 Å². The van der Waals surface area contributed by atoms with Crippen molar-refractivity contribution in [1.82, 2.24) is 14.3 Å². The van der Waals surface area contributed by atoms with Crippen LogP contribution in [-0.4, -0.2) is 33.7 Å². The van der Waals surface area contributed by atoms with Gasteiger partial charge < -0.3 is 9.47 Å². The quantitative estimate of drug-likeness (QED) is 0.648. The number of nitrogens with zero attached hydrogens (tertiary/aromatic N) is 3. The van der Waals surface area contributed by atoms with Gasteiger partial charge in [0.15, 0.2) is 0 Å². The first-order valence-electron chi connectivity index (χ1n) is 4.55. The Morgan fingerprint density at radius 1 is 1.79 bits per heavy atom. The number of hydrogen-bond donors (Lipinski definition) is 0. The Morgan fingerprint density at radius 3 is 3.21 bits per heavy atom. The minimum atomic E-state index is -0.163. The van der Waals surface area contributed by atoms with Gasteiger partial charge in [-0.05, 0) is 6.42 Å². The Morgan fingerprint density at radius 2 is 2.64 bits per heavy atom. The lowest BCUT2D eigenvalue weighted by atomic mass is 10.3. The van der Waals surface area contributed by atoms with E-state index in [0.717, 1.165) is 13.0 Å². The number of ether oxygens (including phenoxy) is 2. The molecule has 0 bridgehead atoms. The van der Waals surface area contributed by atoms with Crippen LogP contribution in [0.5, 0.6) is 0 Å². The monoisotopic (exact) mass is 199 g/mol. The molecule has 0 N–H and O–H groups in total. The van der Waals surface area contributed by atoms with Crippen LogP contribution in [0.15, 0.2) is 11.1 Å². The van der Waals surface area contributed by atoms with Gasteiger partial charge >= 0.3 is 5.69 Å². The van der Waals surface area contributed by atoms with Crippen LogP contribution in [0.4, 0.5) is 0 Å². The summed E-state index contributed by atoms with van der Waals surface area (Å²) in [4.78, 5) is 11.3. The molecule has 1 fully saturated rings. The van der Waals surface area contributed by atoms with Gasteiger partial charge in [0, 0.05) is 13.7 Å². The summed E-state index contributed by atoms with van der Waals surface area (Å²) in [5, 5.41) is 3.88. The molecule has 0 aliphatic carbocycles. The zero-order valence-corrected chi connectivity index (χ0v) is 8.05. The van der Waals surface area contributed by atoms with Crippen molar-refractivity contribution in [3.63, 3.8) is 0 Å². The maximum Gasteiger partial charge on any atom is 0.347 e. The summed E-state index contributed by atoms with van der Waals surface area (Å²) in [5.41, 5.74) is -0.163. The summed E-state index contributed by atoms with van der Waals surface area (Å²) >= 11 is 0. The van der Waals surface area contributed by atoms with Crippen molar-refractivity contribution >= 4 is 0 Å². The average Bonchev–Trinajstić information content (AvgIpc) is 2.77. The zero-order valence-electron chi connectivity index (χ0n) is 8.05. The van der Waals surface area contributed by atoms with E-state index in [1.54, 1.807) is 7.05 Å². The van der Waals surface area contributed by atoms with Crippen LogP contribution in [0.3, 0.4) is 0 Å². The van der Waals surface area contributed by atoms with Crippen molar-refractivity contribution in [3.05, 3.63) is 16.8 Å². The maximum absolute atomic E-state index is 11.3. The second-order valence-corrected chi connectivity index (χ2v) is 3.31. The van der Waals surface area contributed by atoms with E-state index in [-0.39, 0.29) is 18.5 Å². The third-order valence-electron chi connectivity index (χ3n) is 2.21. The summed E-state index contributed by atoms with van der Waals surface area (Å²) in [6.45, 7) is 1.55. The van der Waals surface area contributed by atoms with Gasteiger partial charge in [0.1, 0.15) is 13.1 Å². The first kappa shape index (κ1) is 9.42. The lowest BCUT2D eigenvalue weighted by Crippen LogP contribution is -2.26. The minimum Gasteiger partial charge on any atom is -0.379 e. The van der Waals surface area contributed by atoms with Crippen LogP contribution in [0.2, 0.25) is 0 Å². The van der Waals surface area contributed by atoms with E-state index in [9.17, 15) is 4.79 Å². The molecule has 78 valence electrons. The first-order valence-corrected chi connectivity index (χ1v) is 4.55. The molecule has 1 saturated heterocycles. The lowest BCUT2D eigenvalue weighted by molar-refractivity contribution is -0.00517. The highest BCUT2D eigenvalue weighted by Crippen LogP contribution is 2.07. The van der Waals surface area contributed by atoms with Gasteiger partial charge in [0.2, 0.25) is 0 Å². The topological polar surface area (TPSA) is 58.3 Å². The van der Waals surface area contributed by atoms with Crippen LogP contribution in [0.25, 0.3) is 0 Å². The predicted octanol–water partition coefficient (Wildman–Crippen LogP) is -0.655. The zero-order chi connectivity index (χ0) is 9.97. The van der Waals surface area contributed by atoms with Gasteiger partial charge in [0.25, 0.3) is 0 Å². The predicted molar refractivity (Wildman–Crippen MR) is 47.8 cm³/mol. The summed E-state index contributed by atoms with van der Waals surface area (Å²) in [7, 11) is 1.66. The van der Waals surface area contributed by atoms with Crippen molar-refractivity contribution in [1.29, 1.82) is 0 Å². The summed E-state index contributed by atoms with van der Waals surface area (Å²) < 4.78 is 13.3. The van der Waals surface area contributed by atoms with Crippen LogP contribution in [0, 0.1) is 0 Å². The fraction of sp³-hybridized carbons (Fsp3) is 0.750. The van der Waals surface area contributed by atoms with Crippen LogP contribution in [0.1, 0.15) is 6.42 Å². The van der Waals surface area contributed by atoms with Gasteiger partial charge in [-0.2, -0.15) is 9.78 Å². The lowest BCUT2D eigenvalue weighted by Gasteiger charge is -2.08. The summed E-state index contributed by atoms with van der Waals surface area (Å²) in [5.74, 6) is 0. The molecule has 2 rings (SSSR count). The first-order chi connectivity index (χ1) is 6.77. The molecule has 0 saturated carbocycles. The highest BCUT2D eigenvalue weighted by molar-refractivity contribution is 4.65. The molecule has 0 radical (unpaired) electrons. The Labute approximate surface area is 81.0 Å². The number of aromatic nitrogens is 3. The molecule has 1 aromatic heterocycles. The SMILES string of the molecule is Cn1cnn(COC2CCOC2)c1=O. The maximum atomic E-state index is 11.3. The Bertz CT molecular complexity index is 351. The van der Waals surface area contributed by atoms with Crippen LogP contribution >= 0.6 is 0 Å². The highest BCUT2D eigenvalue weighted by Gasteiger charge is 2.16. The fourth-order valence-corrected chi connectivity index (χ4v) is 1.33. The fourth-order valence-electron chi connectivity index (χ4n) is 1.33. The molecule has 0 aromatic carbocycles. The molecule has 6 heteroatoms. The Hall–Kier alpha value is -1.14. The largest absolute Gasteiger partial charge is 0.379 e. The molecule has 6 nitrogen and oxygen atoms in total. The standard InChI is InChI=1S/C8H13N3O3/c1-10-5-9-11(8(10)12)6-14-7-2-3-13-4-7/h5,7H,2-4,6H2,1H3. The van der Waals surface area contributed by atoms with E-state index in [1.165, 1.54) is 15.6 Å². The van der Waals surface area contributed by atoms with E-state index in [0.29, 0.717) is 6.61 Å². The molecule has 1 aromatic rings. The van der Waals surface area contributed by atoms with E-state index in [4.69, 9.17) is 9.47 Å². The van der Waals surface area contributed by atoms with Gasteiger partial charge in [0.05, 0.1) is 12.7 Å². The Balaban J connectivity index is 1.91. The number of hydrogen-bond acceptors (Lipinski definition) is 4. The number of aryl methyl sites for hydroxylation is 1. The smallest absolute Gasteiger partial charge is 0.347 e. The Kier molecular flexibility index (Phi) is 2.64. The molecule has 0 amide bonds. The molecule has 1 unspecified atom stereocenters. The second kappa shape index (κ2) is 3.93. The van der Waals surface area contributed by atoms with Crippen molar-refractivity contribution in [2.45, 2.75) is 19.3 Å². The summed E-state index contributed by atoms with van der Waals surface area (Å²) in [6.07, 6.45) is 2.46. The van der Waals surface area contributed by atoms with Crippen molar-refractivity contribution in [2.24, 2.45) is 7.05 Å². The molecule has 1 aliphatic rings. The molecule has 0 spiro atoms. The van der Waals surface area contributed by atoms with E-state index in [1.807, 2.05) is 0 Å². The highest BCUT2D eigenvalue weighted by atomic mass is 16.6. The van der Waals surface area contributed by atoms with Crippen molar-refractivity contribution in [2.75, 3.05) is 13.2 Å². The average molecular weight is 199 g/mol. The van der Waals surface area contributed by atoms with Crippen molar-refractivity contribution < 1.29 is 9.47 Å². The molecular weight excluding hydrogens is 186 g/mol. The molecule has 2 heterocycles. The normalized spacial score (nSPS) is 21.6. The van der Waals surface area contributed by atoms with Gasteiger partial charge in [-0.3, -0.25) is 4.57 Å². The third-order valence-corrected chi connectivity index (χ3v) is 2.21. The van der Waals surface area contributed by atoms with Crippen LogP contribution in [-0.2, 0) is 23.3 Å². The summed E-state index contributed by atoms with van der Waals surface area (Å²) in [6, 6.07) is 0.